The summed E-state index contributed by atoms with van der Waals surface area (Å²) in [6.45, 7) is 1.80. The summed E-state index contributed by atoms with van der Waals surface area (Å²) in [5, 5.41) is 8.81. The SMILES string of the molecule is Cc1c(C(=O)NC2CCCCC2)nn(-c2ccc(Cl)cc2Cl)c1-c1ccc(OCCCF)cc1. The number of alkyl halides is 1. The molecular weight excluding hydrogens is 476 g/mol. The molecule has 2 aromatic carbocycles. The van der Waals surface area contributed by atoms with Crippen LogP contribution in [0.1, 0.15) is 54.6 Å². The van der Waals surface area contributed by atoms with Gasteiger partial charge in [-0.3, -0.25) is 9.18 Å². The van der Waals surface area contributed by atoms with Gasteiger partial charge in [-0.05, 0) is 62.2 Å². The zero-order chi connectivity index (χ0) is 24.1. The van der Waals surface area contributed by atoms with E-state index in [2.05, 4.69) is 5.32 Å². The van der Waals surface area contributed by atoms with Crippen LogP contribution in [0.25, 0.3) is 16.9 Å². The van der Waals surface area contributed by atoms with Crippen LogP contribution < -0.4 is 10.1 Å². The Kier molecular flexibility index (Phi) is 8.11. The van der Waals surface area contributed by atoms with E-state index in [9.17, 15) is 9.18 Å². The largest absolute Gasteiger partial charge is 0.493 e. The van der Waals surface area contributed by atoms with E-state index in [1.807, 2.05) is 31.2 Å². The maximum Gasteiger partial charge on any atom is 0.272 e. The second-order valence-corrected chi connectivity index (χ2v) is 9.40. The summed E-state index contributed by atoms with van der Waals surface area (Å²) >= 11 is 12.6. The molecule has 4 rings (SSSR count). The molecule has 34 heavy (non-hydrogen) atoms. The molecule has 0 spiro atoms. The topological polar surface area (TPSA) is 56.2 Å². The molecule has 180 valence electrons. The van der Waals surface area contributed by atoms with Crippen molar-refractivity contribution in [1.82, 2.24) is 15.1 Å². The second-order valence-electron chi connectivity index (χ2n) is 8.55. The van der Waals surface area contributed by atoms with Crippen LogP contribution in [0.2, 0.25) is 10.0 Å². The fraction of sp³-hybridized carbons (Fsp3) is 0.385. The predicted octanol–water partition coefficient (Wildman–Crippen LogP) is 6.96. The van der Waals surface area contributed by atoms with Gasteiger partial charge in [0.2, 0.25) is 0 Å². The molecule has 1 heterocycles. The molecule has 1 aliphatic rings. The summed E-state index contributed by atoms with van der Waals surface area (Å²) in [5.41, 5.74) is 3.36. The van der Waals surface area contributed by atoms with Crippen molar-refractivity contribution in [2.24, 2.45) is 0 Å². The van der Waals surface area contributed by atoms with Crippen molar-refractivity contribution < 1.29 is 13.9 Å². The summed E-state index contributed by atoms with van der Waals surface area (Å²) in [6, 6.07) is 12.8. The molecule has 0 bridgehead atoms. The van der Waals surface area contributed by atoms with E-state index in [0.717, 1.165) is 42.5 Å². The van der Waals surface area contributed by atoms with Crippen LogP contribution >= 0.6 is 23.2 Å². The third-order valence-corrected chi connectivity index (χ3v) is 6.63. The van der Waals surface area contributed by atoms with Crippen molar-refractivity contribution in [3.05, 3.63) is 63.8 Å². The highest BCUT2D eigenvalue weighted by molar-refractivity contribution is 6.35. The molecule has 8 heteroatoms. The van der Waals surface area contributed by atoms with Gasteiger partial charge in [-0.25, -0.2) is 4.68 Å². The molecule has 0 unspecified atom stereocenters. The third kappa shape index (κ3) is 5.56. The monoisotopic (exact) mass is 503 g/mol. The lowest BCUT2D eigenvalue weighted by Crippen LogP contribution is -2.36. The average Bonchev–Trinajstić information content (AvgIpc) is 3.17. The Morgan fingerprint density at radius 2 is 1.88 bits per heavy atom. The minimum Gasteiger partial charge on any atom is -0.493 e. The maximum absolute atomic E-state index is 13.2. The van der Waals surface area contributed by atoms with Gasteiger partial charge >= 0.3 is 0 Å². The fourth-order valence-electron chi connectivity index (χ4n) is 4.33. The van der Waals surface area contributed by atoms with E-state index in [1.54, 1.807) is 22.9 Å². The number of nitrogens with zero attached hydrogens (tertiary/aromatic N) is 2. The highest BCUT2D eigenvalue weighted by Gasteiger charge is 2.25. The number of amides is 1. The van der Waals surface area contributed by atoms with Gasteiger partial charge in [0.1, 0.15) is 5.75 Å². The number of nitrogens with one attached hydrogen (secondary N) is 1. The summed E-state index contributed by atoms with van der Waals surface area (Å²) in [7, 11) is 0. The molecule has 5 nitrogen and oxygen atoms in total. The highest BCUT2D eigenvalue weighted by Crippen LogP contribution is 2.33. The maximum atomic E-state index is 13.2. The van der Waals surface area contributed by atoms with Crippen molar-refractivity contribution in [3.63, 3.8) is 0 Å². The smallest absolute Gasteiger partial charge is 0.272 e. The van der Waals surface area contributed by atoms with Crippen LogP contribution in [0.4, 0.5) is 4.39 Å². The van der Waals surface area contributed by atoms with Crippen molar-refractivity contribution in [1.29, 1.82) is 0 Å². The van der Waals surface area contributed by atoms with Crippen molar-refractivity contribution in [2.75, 3.05) is 13.3 Å². The number of benzene rings is 2. The number of carbonyl (C=O) groups excluding carboxylic acids is 1. The van der Waals surface area contributed by atoms with Gasteiger partial charge in [0, 0.05) is 28.6 Å². The molecule has 1 aliphatic carbocycles. The standard InChI is InChI=1S/C26H28Cl2FN3O2/c1-17-24(26(33)30-20-6-3-2-4-7-20)31-32(23-13-10-19(27)16-22(23)28)25(17)18-8-11-21(12-9-18)34-15-5-14-29/h8-13,16,20H,2-7,14-15H2,1H3,(H,30,33). The number of ether oxygens (including phenoxy) is 1. The number of rotatable bonds is 8. The van der Waals surface area contributed by atoms with E-state index in [0.29, 0.717) is 40.2 Å². The Morgan fingerprint density at radius 3 is 2.56 bits per heavy atom. The highest BCUT2D eigenvalue weighted by atomic mass is 35.5. The normalized spacial score (nSPS) is 14.2. The lowest BCUT2D eigenvalue weighted by molar-refractivity contribution is 0.0921. The van der Waals surface area contributed by atoms with E-state index in [1.165, 1.54) is 6.42 Å². The van der Waals surface area contributed by atoms with E-state index < -0.39 is 6.67 Å². The van der Waals surface area contributed by atoms with Crippen LogP contribution in [-0.4, -0.2) is 35.0 Å². The second kappa shape index (κ2) is 11.2. The van der Waals surface area contributed by atoms with Gasteiger partial charge < -0.3 is 10.1 Å². The molecule has 1 amide bonds. The van der Waals surface area contributed by atoms with Gasteiger partial charge in [0.25, 0.3) is 5.91 Å². The Hall–Kier alpha value is -2.57. The average molecular weight is 504 g/mol. The van der Waals surface area contributed by atoms with E-state index in [-0.39, 0.29) is 11.9 Å². The first-order chi connectivity index (χ1) is 16.5. The first-order valence-electron chi connectivity index (χ1n) is 11.6. The Bertz CT molecular complexity index is 1140. The molecule has 1 fully saturated rings. The summed E-state index contributed by atoms with van der Waals surface area (Å²) in [6.07, 6.45) is 5.80. The van der Waals surface area contributed by atoms with Crippen molar-refractivity contribution in [3.8, 4) is 22.7 Å². The van der Waals surface area contributed by atoms with Crippen LogP contribution in [0.3, 0.4) is 0 Å². The number of hydrogen-bond acceptors (Lipinski definition) is 3. The minimum absolute atomic E-state index is 0.175. The Balaban J connectivity index is 1.72. The van der Waals surface area contributed by atoms with Crippen LogP contribution in [-0.2, 0) is 0 Å². The van der Waals surface area contributed by atoms with Gasteiger partial charge in [-0.1, -0.05) is 42.5 Å². The first-order valence-corrected chi connectivity index (χ1v) is 12.4. The molecule has 0 atom stereocenters. The van der Waals surface area contributed by atoms with Crippen LogP contribution in [0, 0.1) is 6.92 Å². The van der Waals surface area contributed by atoms with Gasteiger partial charge in [0.15, 0.2) is 5.69 Å². The summed E-state index contributed by atoms with van der Waals surface area (Å²) < 4.78 is 19.6. The fourth-order valence-corrected chi connectivity index (χ4v) is 4.82. The number of carbonyl (C=O) groups is 1. The van der Waals surface area contributed by atoms with E-state index in [4.69, 9.17) is 33.0 Å². The molecule has 0 saturated heterocycles. The van der Waals surface area contributed by atoms with Crippen LogP contribution in [0.15, 0.2) is 42.5 Å². The van der Waals surface area contributed by atoms with Gasteiger partial charge in [0.05, 0.1) is 29.7 Å². The van der Waals surface area contributed by atoms with Gasteiger partial charge in [-0.2, -0.15) is 5.10 Å². The quantitative estimate of drug-likeness (QED) is 0.338. The third-order valence-electron chi connectivity index (χ3n) is 6.09. The van der Waals surface area contributed by atoms with E-state index >= 15 is 0 Å². The first kappa shape index (κ1) is 24.6. The molecule has 1 aromatic heterocycles. The Morgan fingerprint density at radius 1 is 1.15 bits per heavy atom. The lowest BCUT2D eigenvalue weighted by Gasteiger charge is -2.22. The molecule has 1 saturated carbocycles. The molecule has 3 aromatic rings. The molecule has 0 aliphatic heterocycles. The Labute approximate surface area is 209 Å². The van der Waals surface area contributed by atoms with Crippen LogP contribution in [0.5, 0.6) is 5.75 Å². The zero-order valence-electron chi connectivity index (χ0n) is 19.1. The minimum atomic E-state index is -0.413. The van der Waals surface area contributed by atoms with Crippen molar-refractivity contribution >= 4 is 29.1 Å². The molecular formula is C26H28Cl2FN3O2. The number of halogens is 3. The van der Waals surface area contributed by atoms with Crippen molar-refractivity contribution in [2.45, 2.75) is 51.5 Å². The summed E-state index contributed by atoms with van der Waals surface area (Å²) in [4.78, 5) is 13.2. The zero-order valence-corrected chi connectivity index (χ0v) is 20.6. The summed E-state index contributed by atoms with van der Waals surface area (Å²) in [5.74, 6) is 0.473. The number of hydrogen-bond donors (Lipinski definition) is 1. The molecule has 0 radical (unpaired) electrons. The predicted molar refractivity (Wildman–Crippen MR) is 134 cm³/mol. The molecule has 1 N–H and O–H groups in total. The lowest BCUT2D eigenvalue weighted by atomic mass is 9.95. The van der Waals surface area contributed by atoms with Gasteiger partial charge in [-0.15, -0.1) is 0 Å². The number of aromatic nitrogens is 2.